The molecule has 0 aromatic heterocycles. The van der Waals surface area contributed by atoms with Gasteiger partial charge in [0.1, 0.15) is 0 Å². The predicted octanol–water partition coefficient (Wildman–Crippen LogP) is 3.11. The molecule has 1 aliphatic rings. The molecule has 1 aromatic rings. The van der Waals surface area contributed by atoms with Crippen LogP contribution < -0.4 is 4.90 Å². The van der Waals surface area contributed by atoms with Crippen LogP contribution in [0.2, 0.25) is 0 Å². The molecule has 1 fully saturated rings. The van der Waals surface area contributed by atoms with Gasteiger partial charge in [-0.25, -0.2) is 0 Å². The summed E-state index contributed by atoms with van der Waals surface area (Å²) >= 11 is 3.38. The van der Waals surface area contributed by atoms with Crippen LogP contribution in [0.1, 0.15) is 6.42 Å². The van der Waals surface area contributed by atoms with Crippen LogP contribution in [-0.4, -0.2) is 19.0 Å². The summed E-state index contributed by atoms with van der Waals surface area (Å²) in [6.45, 7) is 1.00. The number of anilines is 1. The maximum absolute atomic E-state index is 11.8. The van der Waals surface area contributed by atoms with E-state index in [-0.39, 0.29) is 11.8 Å². The minimum atomic E-state index is 0.0845. The van der Waals surface area contributed by atoms with Crippen molar-refractivity contribution in [3.63, 3.8) is 0 Å². The fraction of sp³-hybridized carbons (Fsp3) is 0.364. The molecule has 88 valence electrons. The zero-order valence-electron chi connectivity index (χ0n) is 9.08. The Morgan fingerprint density at radius 3 is 3.12 bits per heavy atom. The van der Waals surface area contributed by atoms with E-state index >= 15 is 0 Å². The summed E-state index contributed by atoms with van der Waals surface area (Å²) < 4.78 is 0.946. The van der Waals surface area contributed by atoms with Crippen LogP contribution in [0.3, 0.4) is 0 Å². The van der Waals surface area contributed by atoms with Gasteiger partial charge in [0.25, 0.3) is 0 Å². The number of hydrogen-bond acceptors (Lipinski definition) is 2. The summed E-state index contributed by atoms with van der Waals surface area (Å²) in [5, 5.41) is 3.53. The Kier molecular flexibility index (Phi) is 3.66. The van der Waals surface area contributed by atoms with Gasteiger partial charge in [-0.1, -0.05) is 27.1 Å². The van der Waals surface area contributed by atoms with E-state index in [2.05, 4.69) is 26.0 Å². The lowest BCUT2D eigenvalue weighted by atomic mass is 10.1. The summed E-state index contributed by atoms with van der Waals surface area (Å²) in [6.07, 6.45) is 0.450. The van der Waals surface area contributed by atoms with E-state index in [1.807, 2.05) is 24.3 Å². The van der Waals surface area contributed by atoms with Gasteiger partial charge in [-0.3, -0.25) is 4.79 Å². The van der Waals surface area contributed by atoms with E-state index in [4.69, 9.17) is 5.53 Å². The van der Waals surface area contributed by atoms with Gasteiger partial charge >= 0.3 is 0 Å². The SMILES string of the molecule is [N-]=[N+]=NCC1CC(=O)N(c2cccc(Br)c2)C1. The fourth-order valence-electron chi connectivity index (χ4n) is 1.95. The van der Waals surface area contributed by atoms with E-state index in [1.165, 1.54) is 0 Å². The van der Waals surface area contributed by atoms with Gasteiger partial charge in [-0.15, -0.1) is 0 Å². The molecule has 1 heterocycles. The monoisotopic (exact) mass is 294 g/mol. The molecule has 0 aliphatic carbocycles. The number of rotatable bonds is 3. The molecule has 17 heavy (non-hydrogen) atoms. The van der Waals surface area contributed by atoms with E-state index in [0.29, 0.717) is 19.5 Å². The molecule has 1 aliphatic heterocycles. The van der Waals surface area contributed by atoms with Crippen LogP contribution in [0.5, 0.6) is 0 Å². The van der Waals surface area contributed by atoms with Crippen LogP contribution in [0, 0.1) is 5.92 Å². The summed E-state index contributed by atoms with van der Waals surface area (Å²) in [5.41, 5.74) is 9.15. The van der Waals surface area contributed by atoms with Gasteiger partial charge in [0, 0.05) is 34.6 Å². The molecular formula is C11H11BrN4O. The predicted molar refractivity (Wildman–Crippen MR) is 68.6 cm³/mol. The molecule has 5 nitrogen and oxygen atoms in total. The topological polar surface area (TPSA) is 69.1 Å². The van der Waals surface area contributed by atoms with E-state index in [0.717, 1.165) is 10.2 Å². The Balaban J connectivity index is 2.12. The highest BCUT2D eigenvalue weighted by Crippen LogP contribution is 2.27. The Morgan fingerprint density at radius 2 is 2.41 bits per heavy atom. The second-order valence-corrected chi connectivity index (χ2v) is 4.88. The minimum Gasteiger partial charge on any atom is -0.312 e. The van der Waals surface area contributed by atoms with Gasteiger partial charge in [0.2, 0.25) is 5.91 Å². The van der Waals surface area contributed by atoms with Gasteiger partial charge in [-0.05, 0) is 29.6 Å². The average Bonchev–Trinajstić information content (AvgIpc) is 2.68. The molecule has 0 spiro atoms. The quantitative estimate of drug-likeness (QED) is 0.480. The lowest BCUT2D eigenvalue weighted by Crippen LogP contribution is -2.24. The molecule has 1 aromatic carbocycles. The normalized spacial score (nSPS) is 19.2. The van der Waals surface area contributed by atoms with Gasteiger partial charge in [0.15, 0.2) is 0 Å². The van der Waals surface area contributed by atoms with Crippen molar-refractivity contribution in [2.75, 3.05) is 18.0 Å². The first-order valence-corrected chi connectivity index (χ1v) is 6.07. The molecule has 0 bridgehead atoms. The largest absolute Gasteiger partial charge is 0.312 e. The number of carbonyl (C=O) groups excluding carboxylic acids is 1. The Labute approximate surface area is 107 Å². The Hall–Kier alpha value is -1.52. The smallest absolute Gasteiger partial charge is 0.227 e. The van der Waals surface area contributed by atoms with Crippen molar-refractivity contribution in [1.82, 2.24) is 0 Å². The number of carbonyl (C=O) groups is 1. The number of azide groups is 1. The molecule has 6 heteroatoms. The van der Waals surface area contributed by atoms with Crippen LogP contribution in [0.15, 0.2) is 33.9 Å². The van der Waals surface area contributed by atoms with Crippen molar-refractivity contribution in [1.29, 1.82) is 0 Å². The van der Waals surface area contributed by atoms with Crippen LogP contribution in [0.4, 0.5) is 5.69 Å². The third-order valence-electron chi connectivity index (χ3n) is 2.73. The molecule has 0 N–H and O–H groups in total. The standard InChI is InChI=1S/C11H11BrN4O/c12-9-2-1-3-10(5-9)16-7-8(4-11(16)17)6-14-15-13/h1-3,5,8H,4,6-7H2. The van der Waals surface area contributed by atoms with Crippen LogP contribution in [0.25, 0.3) is 10.4 Å². The molecule has 1 unspecified atom stereocenters. The van der Waals surface area contributed by atoms with Crippen molar-refractivity contribution in [3.05, 3.63) is 39.2 Å². The minimum absolute atomic E-state index is 0.0845. The maximum Gasteiger partial charge on any atom is 0.227 e. The molecule has 0 saturated carbocycles. The molecule has 2 rings (SSSR count). The maximum atomic E-state index is 11.8. The Morgan fingerprint density at radius 1 is 1.59 bits per heavy atom. The molecule has 1 amide bonds. The second-order valence-electron chi connectivity index (χ2n) is 3.97. The first-order chi connectivity index (χ1) is 8.20. The third-order valence-corrected chi connectivity index (χ3v) is 3.22. The number of benzene rings is 1. The van der Waals surface area contributed by atoms with Crippen molar-refractivity contribution in [2.24, 2.45) is 11.0 Å². The highest BCUT2D eigenvalue weighted by atomic mass is 79.9. The van der Waals surface area contributed by atoms with Gasteiger partial charge in [0.05, 0.1) is 0 Å². The lowest BCUT2D eigenvalue weighted by Gasteiger charge is -2.16. The summed E-state index contributed by atoms with van der Waals surface area (Å²) in [7, 11) is 0. The summed E-state index contributed by atoms with van der Waals surface area (Å²) in [5.74, 6) is 0.207. The first-order valence-electron chi connectivity index (χ1n) is 5.27. The zero-order valence-corrected chi connectivity index (χ0v) is 10.7. The molecule has 1 saturated heterocycles. The average molecular weight is 295 g/mol. The van der Waals surface area contributed by atoms with Gasteiger partial charge in [-0.2, -0.15) is 0 Å². The van der Waals surface area contributed by atoms with Crippen LogP contribution in [-0.2, 0) is 4.79 Å². The summed E-state index contributed by atoms with van der Waals surface area (Å²) in [4.78, 5) is 16.3. The fourth-order valence-corrected chi connectivity index (χ4v) is 2.34. The van der Waals surface area contributed by atoms with Crippen molar-refractivity contribution >= 4 is 27.5 Å². The van der Waals surface area contributed by atoms with E-state index < -0.39 is 0 Å². The van der Waals surface area contributed by atoms with Crippen molar-refractivity contribution < 1.29 is 4.79 Å². The van der Waals surface area contributed by atoms with Crippen molar-refractivity contribution in [3.8, 4) is 0 Å². The Bertz CT molecular complexity index is 484. The highest BCUT2D eigenvalue weighted by molar-refractivity contribution is 9.10. The number of amides is 1. The molecular weight excluding hydrogens is 284 g/mol. The second kappa shape index (κ2) is 5.21. The summed E-state index contributed by atoms with van der Waals surface area (Å²) in [6, 6.07) is 7.63. The molecule has 1 atom stereocenters. The van der Waals surface area contributed by atoms with Crippen molar-refractivity contribution in [2.45, 2.75) is 6.42 Å². The molecule has 0 radical (unpaired) electrons. The van der Waals surface area contributed by atoms with Crippen LogP contribution >= 0.6 is 15.9 Å². The van der Waals surface area contributed by atoms with E-state index in [9.17, 15) is 4.79 Å². The number of halogens is 1. The highest BCUT2D eigenvalue weighted by Gasteiger charge is 2.29. The zero-order chi connectivity index (χ0) is 12.3. The lowest BCUT2D eigenvalue weighted by molar-refractivity contribution is -0.117. The first kappa shape index (κ1) is 12.0. The number of hydrogen-bond donors (Lipinski definition) is 0. The van der Waals surface area contributed by atoms with E-state index in [1.54, 1.807) is 4.90 Å². The van der Waals surface area contributed by atoms with Gasteiger partial charge < -0.3 is 4.90 Å². The number of nitrogens with zero attached hydrogens (tertiary/aromatic N) is 4. The third kappa shape index (κ3) is 2.78.